The number of fused-ring (bicyclic) bond motifs is 13. The summed E-state index contributed by atoms with van der Waals surface area (Å²) in [6.45, 7) is 28.5. The Bertz CT molecular complexity index is 4750. The predicted octanol–water partition coefficient (Wildman–Crippen LogP) is 18.1. The molecule has 5 heterocycles. The lowest BCUT2D eigenvalue weighted by molar-refractivity contribution is 0.590. The summed E-state index contributed by atoms with van der Waals surface area (Å²) in [5.74, 6) is 0. The van der Waals surface area contributed by atoms with Crippen molar-refractivity contribution in [1.29, 1.82) is 0 Å². The Morgan fingerprint density at radius 3 is 1.53 bits per heavy atom. The molecule has 0 aliphatic carbocycles. The van der Waals surface area contributed by atoms with Crippen molar-refractivity contribution in [2.75, 3.05) is 4.90 Å². The number of aryl methyl sites for hydroxylation is 1. The first-order valence-corrected chi connectivity index (χ1v) is 29.2. The van der Waals surface area contributed by atoms with Crippen LogP contribution in [0.3, 0.4) is 0 Å². The van der Waals surface area contributed by atoms with Crippen LogP contribution in [0.5, 0.6) is 0 Å². The van der Waals surface area contributed by atoms with Crippen LogP contribution in [0.4, 0.5) is 17.1 Å². The second-order valence-electron chi connectivity index (χ2n) is 27.2. The Kier molecular flexibility index (Phi) is 10.4. The van der Waals surface area contributed by atoms with E-state index in [9.17, 15) is 0 Å². The molecular formula is C76H69BN4. The Balaban J connectivity index is 0.992. The van der Waals surface area contributed by atoms with Crippen molar-refractivity contribution < 1.29 is 0 Å². The SMILES string of the molecule is Cc1cc2c3c(c1)C(C)(C)c1cc4c(cc1B3c1cc(C(C)(C)C)cc3c5cc(C(C)(C)C)ccc5n-2c13)c1cc(C(C)(C)C)ccc1n4-c1cccc(-n2c3ccccc3c3ccc(N(c4ccccc4)c4ccccc4)cc32)c1. The van der Waals surface area contributed by atoms with Crippen molar-refractivity contribution in [3.8, 4) is 17.1 Å². The van der Waals surface area contributed by atoms with Crippen molar-refractivity contribution >= 4 is 106 Å². The minimum absolute atomic E-state index is 0.0190. The molecule has 0 saturated heterocycles. The van der Waals surface area contributed by atoms with E-state index in [0.29, 0.717) is 0 Å². The van der Waals surface area contributed by atoms with E-state index >= 15 is 0 Å². The van der Waals surface area contributed by atoms with Gasteiger partial charge in [-0.1, -0.05) is 179 Å². The molecule has 0 bridgehead atoms. The molecule has 13 aromatic rings. The smallest absolute Gasteiger partial charge is 0.247 e. The maximum absolute atomic E-state index is 2.65. The van der Waals surface area contributed by atoms with E-state index in [0.717, 1.165) is 34.0 Å². The highest BCUT2D eigenvalue weighted by atomic mass is 15.1. The monoisotopic (exact) mass is 1050 g/mol. The van der Waals surface area contributed by atoms with E-state index in [4.69, 9.17) is 0 Å². The van der Waals surface area contributed by atoms with Crippen molar-refractivity contribution in [2.45, 2.75) is 105 Å². The maximum Gasteiger partial charge on any atom is 0.247 e. The molecule has 2 aliphatic rings. The normalized spacial score (nSPS) is 14.0. The molecular weight excluding hydrogens is 980 g/mol. The molecule has 0 atom stereocenters. The van der Waals surface area contributed by atoms with Crippen LogP contribution in [0.25, 0.3) is 82.5 Å². The third-order valence-electron chi connectivity index (χ3n) is 18.5. The summed E-state index contributed by atoms with van der Waals surface area (Å²) in [6, 6.07) is 76.6. The molecule has 0 radical (unpaired) electrons. The number of hydrogen-bond donors (Lipinski definition) is 0. The Labute approximate surface area is 477 Å². The van der Waals surface area contributed by atoms with Gasteiger partial charge in [0.25, 0.3) is 0 Å². The van der Waals surface area contributed by atoms with Crippen LogP contribution in [-0.2, 0) is 21.7 Å². The van der Waals surface area contributed by atoms with Gasteiger partial charge in [-0.2, -0.15) is 0 Å². The number of benzene rings is 10. The van der Waals surface area contributed by atoms with Gasteiger partial charge in [0.1, 0.15) is 0 Å². The standard InChI is InChI=1S/C76H69BN4/c1-46-36-62-71-70(37-46)81-67-35-31-48(74(5,6)7)39-58(67)60-40-49(75(8,9)10)41-64(72(60)81)77(71)63-44-59-57-38-47(73(2,3)4)30-34-66(57)80(69(59)45-61(63)76(62,11)12)53-27-21-26-52(42-53)79-65-29-20-19-28-55(65)56-33-32-54(43-68(56)79)78(50-22-15-13-16-23-50)51-24-17-14-18-25-51/h13-45H,1-12H3. The first-order valence-electron chi connectivity index (χ1n) is 29.2. The van der Waals surface area contributed by atoms with E-state index < -0.39 is 0 Å². The molecule has 10 aromatic carbocycles. The molecule has 0 amide bonds. The van der Waals surface area contributed by atoms with Gasteiger partial charge in [0, 0.05) is 77.4 Å². The zero-order valence-corrected chi connectivity index (χ0v) is 48.9. The van der Waals surface area contributed by atoms with Crippen molar-refractivity contribution in [2.24, 2.45) is 0 Å². The molecule has 15 rings (SSSR count). The number of rotatable bonds is 5. The van der Waals surface area contributed by atoms with Gasteiger partial charge in [-0.05, 0) is 171 Å². The molecule has 2 aliphatic heterocycles. The quantitative estimate of drug-likeness (QED) is 0.157. The third-order valence-corrected chi connectivity index (χ3v) is 18.5. The van der Waals surface area contributed by atoms with Crippen molar-refractivity contribution in [1.82, 2.24) is 13.7 Å². The summed E-state index contributed by atoms with van der Waals surface area (Å²) >= 11 is 0. The molecule has 5 heteroatoms. The fourth-order valence-electron chi connectivity index (χ4n) is 14.3. The van der Waals surface area contributed by atoms with E-state index in [2.05, 4.69) is 302 Å². The molecule has 3 aromatic heterocycles. The Morgan fingerprint density at radius 1 is 0.370 bits per heavy atom. The van der Waals surface area contributed by atoms with Gasteiger partial charge < -0.3 is 18.6 Å². The van der Waals surface area contributed by atoms with Crippen LogP contribution in [0.1, 0.15) is 110 Å². The minimum atomic E-state index is -0.315. The summed E-state index contributed by atoms with van der Waals surface area (Å²) in [5, 5.41) is 7.74. The van der Waals surface area contributed by atoms with Gasteiger partial charge >= 0.3 is 0 Å². The summed E-state index contributed by atoms with van der Waals surface area (Å²) in [4.78, 5) is 2.37. The zero-order valence-electron chi connectivity index (χ0n) is 48.9. The third kappa shape index (κ3) is 7.29. The van der Waals surface area contributed by atoms with Gasteiger partial charge in [0.2, 0.25) is 6.71 Å². The molecule has 0 N–H and O–H groups in total. The van der Waals surface area contributed by atoms with Crippen molar-refractivity contribution in [3.63, 3.8) is 0 Å². The van der Waals surface area contributed by atoms with E-state index in [1.54, 1.807) is 0 Å². The summed E-state index contributed by atoms with van der Waals surface area (Å²) in [6.07, 6.45) is 0. The highest BCUT2D eigenvalue weighted by Crippen LogP contribution is 2.46. The molecule has 396 valence electrons. The molecule has 0 saturated carbocycles. The molecule has 4 nitrogen and oxygen atoms in total. The zero-order chi connectivity index (χ0) is 55.8. The van der Waals surface area contributed by atoms with Crippen LogP contribution in [0.2, 0.25) is 0 Å². The van der Waals surface area contributed by atoms with Crippen LogP contribution in [0, 0.1) is 6.92 Å². The summed E-state index contributed by atoms with van der Waals surface area (Å²) in [5.41, 5.74) is 26.4. The number of anilines is 3. The van der Waals surface area contributed by atoms with Crippen LogP contribution in [-0.4, -0.2) is 20.4 Å². The number of nitrogens with zero attached hydrogens (tertiary/aromatic N) is 4. The topological polar surface area (TPSA) is 18.0 Å². The van der Waals surface area contributed by atoms with Crippen LogP contribution in [0.15, 0.2) is 200 Å². The maximum atomic E-state index is 2.65. The Hall–Kier alpha value is -8.54. The number of aromatic nitrogens is 3. The first kappa shape index (κ1) is 49.5. The first-order chi connectivity index (χ1) is 38.7. The fourth-order valence-corrected chi connectivity index (χ4v) is 14.3. The summed E-state index contributed by atoms with van der Waals surface area (Å²) in [7, 11) is 0. The second-order valence-corrected chi connectivity index (χ2v) is 27.2. The van der Waals surface area contributed by atoms with Gasteiger partial charge in [0.15, 0.2) is 0 Å². The van der Waals surface area contributed by atoms with Crippen LogP contribution >= 0.6 is 0 Å². The van der Waals surface area contributed by atoms with E-state index in [1.165, 1.54) is 115 Å². The van der Waals surface area contributed by atoms with Crippen LogP contribution < -0.4 is 21.3 Å². The highest BCUT2D eigenvalue weighted by Gasteiger charge is 2.46. The lowest BCUT2D eigenvalue weighted by Gasteiger charge is -2.42. The number of hydrogen-bond acceptors (Lipinski definition) is 1. The lowest BCUT2D eigenvalue weighted by atomic mass is 9.30. The molecule has 81 heavy (non-hydrogen) atoms. The molecule has 0 fully saturated rings. The van der Waals surface area contributed by atoms with E-state index in [1.807, 2.05) is 0 Å². The lowest BCUT2D eigenvalue weighted by Crippen LogP contribution is -2.63. The van der Waals surface area contributed by atoms with Gasteiger partial charge in [-0.25, -0.2) is 0 Å². The average Bonchev–Trinajstić information content (AvgIpc) is 2.33. The summed E-state index contributed by atoms with van der Waals surface area (Å²) < 4.78 is 7.71. The minimum Gasteiger partial charge on any atom is -0.310 e. The fraction of sp³-hybridized carbons (Fsp3) is 0.211. The Morgan fingerprint density at radius 2 is 0.901 bits per heavy atom. The van der Waals surface area contributed by atoms with Crippen molar-refractivity contribution in [3.05, 3.63) is 234 Å². The molecule has 0 unspecified atom stereocenters. The van der Waals surface area contributed by atoms with Gasteiger partial charge in [-0.3, -0.25) is 0 Å². The number of para-hydroxylation sites is 3. The molecule has 0 spiro atoms. The van der Waals surface area contributed by atoms with E-state index in [-0.39, 0.29) is 28.4 Å². The van der Waals surface area contributed by atoms with Gasteiger partial charge in [-0.15, -0.1) is 0 Å². The van der Waals surface area contributed by atoms with Gasteiger partial charge in [0.05, 0.1) is 27.6 Å². The largest absolute Gasteiger partial charge is 0.310 e. The second kappa shape index (κ2) is 17.0. The predicted molar refractivity (Wildman–Crippen MR) is 348 cm³/mol. The average molecular weight is 1050 g/mol. The highest BCUT2D eigenvalue weighted by molar-refractivity contribution is 6.99.